The van der Waals surface area contributed by atoms with Gasteiger partial charge >= 0.3 is 12.1 Å². The Morgan fingerprint density at radius 3 is 2.34 bits per heavy atom. The molecule has 0 bridgehead atoms. The quantitative estimate of drug-likeness (QED) is 0.430. The third-order valence-electron chi connectivity index (χ3n) is 4.90. The zero-order valence-corrected chi connectivity index (χ0v) is 18.8. The second-order valence-corrected chi connectivity index (χ2v) is 9.47. The molecule has 1 N–H and O–H groups in total. The molecule has 0 fully saturated rings. The summed E-state index contributed by atoms with van der Waals surface area (Å²) in [5.41, 5.74) is -0.460. The number of carboxylic acids is 1. The van der Waals surface area contributed by atoms with Crippen LogP contribution in [0.4, 0.5) is 22.0 Å². The van der Waals surface area contributed by atoms with Gasteiger partial charge in [0.05, 0.1) is 10.5 Å². The average Bonchev–Trinajstić information content (AvgIpc) is 2.79. The number of rotatable bonds is 8. The van der Waals surface area contributed by atoms with Gasteiger partial charge in [-0.2, -0.15) is 17.5 Å². The lowest BCUT2D eigenvalue weighted by Gasteiger charge is -2.19. The number of benzene rings is 3. The molecule has 0 aliphatic carbocycles. The first kappa shape index (κ1) is 26.1. The molecule has 35 heavy (non-hydrogen) atoms. The molecule has 0 heterocycles. The molecule has 0 radical (unpaired) electrons. The summed E-state index contributed by atoms with van der Waals surface area (Å²) >= 11 is 0. The van der Waals surface area contributed by atoms with Gasteiger partial charge in [0.25, 0.3) is 0 Å². The highest BCUT2D eigenvalue weighted by Gasteiger charge is 2.31. The summed E-state index contributed by atoms with van der Waals surface area (Å²) in [7, 11) is -3.05. The lowest BCUT2D eigenvalue weighted by molar-refractivity contribution is -0.139. The molecule has 0 saturated heterocycles. The normalized spacial score (nSPS) is 12.1. The maximum Gasteiger partial charge on any atom is 0.416 e. The lowest BCUT2D eigenvalue weighted by atomic mass is 9.99. The van der Waals surface area contributed by atoms with E-state index in [4.69, 9.17) is 9.84 Å². The molecule has 3 aromatic rings. The van der Waals surface area contributed by atoms with E-state index in [0.717, 1.165) is 22.5 Å². The van der Waals surface area contributed by atoms with Gasteiger partial charge in [-0.25, -0.2) is 22.0 Å². The van der Waals surface area contributed by atoms with Crippen molar-refractivity contribution in [2.45, 2.75) is 17.6 Å². The minimum absolute atomic E-state index is 0.0263. The Morgan fingerprint density at radius 1 is 1.00 bits per heavy atom. The van der Waals surface area contributed by atoms with Crippen molar-refractivity contribution in [2.24, 2.45) is 0 Å². The van der Waals surface area contributed by atoms with Gasteiger partial charge in [-0.15, -0.1) is 0 Å². The topological polar surface area (TPSA) is 83.9 Å². The summed E-state index contributed by atoms with van der Waals surface area (Å²) in [5.74, 6) is -3.89. The van der Waals surface area contributed by atoms with Crippen molar-refractivity contribution in [1.29, 1.82) is 0 Å². The monoisotopic (exact) mass is 515 g/mol. The van der Waals surface area contributed by atoms with Gasteiger partial charge in [-0.3, -0.25) is 0 Å². The minimum atomic E-state index is -4.63. The van der Waals surface area contributed by atoms with Gasteiger partial charge in [0.2, 0.25) is 10.0 Å². The maximum atomic E-state index is 13.5. The van der Waals surface area contributed by atoms with E-state index in [-0.39, 0.29) is 23.4 Å². The molecule has 12 heteroatoms. The van der Waals surface area contributed by atoms with Gasteiger partial charge in [-0.05, 0) is 53.6 Å². The number of alkyl halides is 3. The number of hydrogen-bond donors (Lipinski definition) is 1. The van der Waals surface area contributed by atoms with Gasteiger partial charge in [-0.1, -0.05) is 18.2 Å². The fraction of sp³-hybridized carbons (Fsp3) is 0.174. The van der Waals surface area contributed by atoms with E-state index in [1.165, 1.54) is 37.4 Å². The average molecular weight is 515 g/mol. The number of halogens is 5. The van der Waals surface area contributed by atoms with Crippen molar-refractivity contribution < 1.29 is 45.0 Å². The van der Waals surface area contributed by atoms with E-state index in [1.807, 2.05) is 0 Å². The van der Waals surface area contributed by atoms with Crippen LogP contribution in [-0.2, 0) is 27.5 Å². The number of sulfonamides is 1. The van der Waals surface area contributed by atoms with Gasteiger partial charge in [0, 0.05) is 19.2 Å². The van der Waals surface area contributed by atoms with E-state index in [1.54, 1.807) is 0 Å². The molecule has 0 unspecified atom stereocenters. The van der Waals surface area contributed by atoms with E-state index < -0.39 is 50.9 Å². The number of ether oxygens (including phenoxy) is 1. The third-order valence-corrected chi connectivity index (χ3v) is 6.70. The predicted octanol–water partition coefficient (Wildman–Crippen LogP) is 4.93. The van der Waals surface area contributed by atoms with Crippen molar-refractivity contribution >= 4 is 16.0 Å². The van der Waals surface area contributed by atoms with Crippen LogP contribution in [0.3, 0.4) is 0 Å². The van der Waals surface area contributed by atoms with Crippen molar-refractivity contribution in [3.05, 3.63) is 83.4 Å². The number of carboxylic acid groups (broad SMARTS) is 1. The highest BCUT2D eigenvalue weighted by atomic mass is 32.2. The molecule has 0 spiro atoms. The summed E-state index contributed by atoms with van der Waals surface area (Å²) in [5, 5.41) is 8.90. The molecular weight excluding hydrogens is 497 g/mol. The van der Waals surface area contributed by atoms with Crippen LogP contribution in [0.15, 0.2) is 65.6 Å². The Hall–Kier alpha value is -3.51. The molecular formula is C23H18F5NO5S. The van der Waals surface area contributed by atoms with Crippen LogP contribution in [0.5, 0.6) is 5.75 Å². The Bertz CT molecular complexity index is 1360. The Balaban J connectivity index is 1.99. The van der Waals surface area contributed by atoms with Crippen molar-refractivity contribution in [3.8, 4) is 16.9 Å². The second kappa shape index (κ2) is 10.0. The van der Waals surface area contributed by atoms with Crippen LogP contribution >= 0.6 is 0 Å². The largest absolute Gasteiger partial charge is 0.481 e. The van der Waals surface area contributed by atoms with Crippen LogP contribution in [-0.4, -0.2) is 37.5 Å². The first-order chi connectivity index (χ1) is 16.3. The van der Waals surface area contributed by atoms with Crippen LogP contribution in [0.25, 0.3) is 11.1 Å². The third kappa shape index (κ3) is 6.14. The molecule has 0 amide bonds. The molecule has 6 nitrogen and oxygen atoms in total. The van der Waals surface area contributed by atoms with Gasteiger partial charge in [0.15, 0.2) is 18.2 Å². The summed E-state index contributed by atoms with van der Waals surface area (Å²) < 4.78 is 97.9. The molecule has 0 saturated carbocycles. The summed E-state index contributed by atoms with van der Waals surface area (Å²) in [4.78, 5) is 10.4. The highest BCUT2D eigenvalue weighted by Crippen LogP contribution is 2.36. The Morgan fingerprint density at radius 2 is 1.71 bits per heavy atom. The Kier molecular flexibility index (Phi) is 7.46. The number of hydrogen-bond acceptors (Lipinski definition) is 4. The fourth-order valence-electron chi connectivity index (χ4n) is 3.19. The molecule has 3 rings (SSSR count). The van der Waals surface area contributed by atoms with Gasteiger partial charge in [0.1, 0.15) is 5.75 Å². The number of nitrogens with zero attached hydrogens (tertiary/aromatic N) is 1. The van der Waals surface area contributed by atoms with Crippen molar-refractivity contribution in [2.75, 3.05) is 13.7 Å². The maximum absolute atomic E-state index is 13.5. The minimum Gasteiger partial charge on any atom is -0.481 e. The standard InChI is InChI=1S/C23H18F5NO5S/c1-29(35(32,33)17-6-7-19(24)20(25)11-17)12-14-5-8-21(34-13-22(30)31)18(9-14)15-3-2-4-16(10-15)23(26,27)28/h2-11H,12-13H2,1H3,(H,30,31). The van der Waals surface area contributed by atoms with Crippen LogP contribution < -0.4 is 4.74 Å². The molecule has 0 aromatic heterocycles. The molecule has 0 aliphatic rings. The zero-order valence-electron chi connectivity index (χ0n) is 18.0. The SMILES string of the molecule is CN(Cc1ccc(OCC(=O)O)c(-c2cccc(C(F)(F)F)c2)c1)S(=O)(=O)c1ccc(F)c(F)c1. The number of aliphatic carboxylic acids is 1. The first-order valence-corrected chi connectivity index (χ1v) is 11.3. The van der Waals surface area contributed by atoms with E-state index in [0.29, 0.717) is 17.7 Å². The Labute approximate surface area is 197 Å². The summed E-state index contributed by atoms with van der Waals surface area (Å²) in [6.07, 6.45) is -4.63. The summed E-state index contributed by atoms with van der Waals surface area (Å²) in [6, 6.07) is 10.5. The lowest BCUT2D eigenvalue weighted by Crippen LogP contribution is -2.26. The molecule has 0 aliphatic heterocycles. The fourth-order valence-corrected chi connectivity index (χ4v) is 4.36. The van der Waals surface area contributed by atoms with E-state index >= 15 is 0 Å². The van der Waals surface area contributed by atoms with Crippen LogP contribution in [0, 0.1) is 11.6 Å². The first-order valence-electron chi connectivity index (χ1n) is 9.85. The van der Waals surface area contributed by atoms with Crippen molar-refractivity contribution in [1.82, 2.24) is 4.31 Å². The molecule has 3 aromatic carbocycles. The predicted molar refractivity (Wildman–Crippen MR) is 115 cm³/mol. The van der Waals surface area contributed by atoms with Crippen LogP contribution in [0.2, 0.25) is 0 Å². The number of carbonyl (C=O) groups is 1. The summed E-state index contributed by atoms with van der Waals surface area (Å²) in [6.45, 7) is -1.04. The smallest absolute Gasteiger partial charge is 0.416 e. The van der Waals surface area contributed by atoms with E-state index in [2.05, 4.69) is 0 Å². The second-order valence-electron chi connectivity index (χ2n) is 7.43. The molecule has 186 valence electrons. The molecule has 0 atom stereocenters. The van der Waals surface area contributed by atoms with E-state index in [9.17, 15) is 35.2 Å². The highest BCUT2D eigenvalue weighted by molar-refractivity contribution is 7.89. The van der Waals surface area contributed by atoms with Crippen LogP contribution in [0.1, 0.15) is 11.1 Å². The van der Waals surface area contributed by atoms with Gasteiger partial charge < -0.3 is 9.84 Å². The zero-order chi connectivity index (χ0) is 26.0. The van der Waals surface area contributed by atoms with Crippen molar-refractivity contribution in [3.63, 3.8) is 0 Å².